The molecule has 0 aromatic heterocycles. The van der Waals surface area contributed by atoms with Crippen molar-refractivity contribution < 1.29 is 14.7 Å². The largest absolute Gasteiger partial charge is 0.481 e. The lowest BCUT2D eigenvalue weighted by Crippen LogP contribution is -2.51. The average Bonchev–Trinajstić information content (AvgIpc) is 3.10. The summed E-state index contributed by atoms with van der Waals surface area (Å²) >= 11 is 0. The molecule has 0 bridgehead atoms. The normalized spacial score (nSPS) is 28.9. The van der Waals surface area contributed by atoms with Crippen molar-refractivity contribution >= 4 is 12.0 Å². The topological polar surface area (TPSA) is 60.9 Å². The molecule has 2 unspecified atom stereocenters. The van der Waals surface area contributed by atoms with Gasteiger partial charge in [-0.15, -0.1) is 0 Å². The maximum atomic E-state index is 12.2. The molecule has 1 saturated heterocycles. The van der Waals surface area contributed by atoms with Crippen molar-refractivity contribution in [3.8, 4) is 0 Å². The summed E-state index contributed by atoms with van der Waals surface area (Å²) in [6.07, 6.45) is 3.34. The Hall–Kier alpha value is -1.26. The zero-order chi connectivity index (χ0) is 12.6. The monoisotopic (exact) mass is 240 g/mol. The highest BCUT2D eigenvalue weighted by Gasteiger charge is 2.37. The van der Waals surface area contributed by atoms with Crippen molar-refractivity contribution in [3.63, 3.8) is 0 Å². The molecular formula is C12H20N2O3. The number of piperidine rings is 1. The molecule has 5 nitrogen and oxygen atoms in total. The Morgan fingerprint density at radius 1 is 1.29 bits per heavy atom. The van der Waals surface area contributed by atoms with E-state index in [4.69, 9.17) is 5.11 Å². The second-order valence-corrected chi connectivity index (χ2v) is 5.23. The second kappa shape index (κ2) is 4.55. The molecule has 1 N–H and O–H groups in total. The number of aliphatic carboxylic acids is 1. The van der Waals surface area contributed by atoms with Gasteiger partial charge in [0.15, 0.2) is 0 Å². The molecule has 1 saturated carbocycles. The van der Waals surface area contributed by atoms with Gasteiger partial charge >= 0.3 is 12.0 Å². The van der Waals surface area contributed by atoms with Gasteiger partial charge in [-0.2, -0.15) is 0 Å². The van der Waals surface area contributed by atoms with E-state index >= 15 is 0 Å². The number of hydrogen-bond donors (Lipinski definition) is 1. The highest BCUT2D eigenvalue weighted by molar-refractivity contribution is 5.76. The predicted molar refractivity (Wildman–Crippen MR) is 62.7 cm³/mol. The number of carboxylic acid groups (broad SMARTS) is 1. The van der Waals surface area contributed by atoms with Crippen LogP contribution in [0.2, 0.25) is 0 Å². The van der Waals surface area contributed by atoms with Gasteiger partial charge in [0.2, 0.25) is 0 Å². The smallest absolute Gasteiger partial charge is 0.320 e. The minimum Gasteiger partial charge on any atom is -0.481 e. The van der Waals surface area contributed by atoms with Crippen molar-refractivity contribution in [3.05, 3.63) is 0 Å². The summed E-state index contributed by atoms with van der Waals surface area (Å²) in [4.78, 5) is 26.7. The third kappa shape index (κ3) is 2.53. The molecule has 0 aromatic carbocycles. The van der Waals surface area contributed by atoms with Gasteiger partial charge in [-0.05, 0) is 32.6 Å². The summed E-state index contributed by atoms with van der Waals surface area (Å²) in [5.41, 5.74) is 0. The Bertz CT molecular complexity index is 328. The second-order valence-electron chi connectivity index (χ2n) is 5.23. The number of amides is 2. The maximum Gasteiger partial charge on any atom is 0.320 e. The third-order valence-corrected chi connectivity index (χ3v) is 3.87. The number of carbonyl (C=O) groups excluding carboxylic acids is 1. The predicted octanol–water partition coefficient (Wildman–Crippen LogP) is 1.39. The van der Waals surface area contributed by atoms with Crippen LogP contribution in [0.25, 0.3) is 0 Å². The van der Waals surface area contributed by atoms with Crippen molar-refractivity contribution in [1.82, 2.24) is 9.80 Å². The zero-order valence-electron chi connectivity index (χ0n) is 10.4. The summed E-state index contributed by atoms with van der Waals surface area (Å²) in [7, 11) is 1.84. The van der Waals surface area contributed by atoms with E-state index in [1.165, 1.54) is 0 Å². The molecule has 1 heterocycles. The van der Waals surface area contributed by atoms with Crippen LogP contribution in [0.15, 0.2) is 0 Å². The van der Waals surface area contributed by atoms with Crippen molar-refractivity contribution in [2.24, 2.45) is 5.92 Å². The Kier molecular flexibility index (Phi) is 3.26. The highest BCUT2D eigenvalue weighted by atomic mass is 16.4. The molecule has 1 aliphatic carbocycles. The summed E-state index contributed by atoms with van der Waals surface area (Å²) in [5, 5.41) is 8.97. The number of nitrogens with zero attached hydrogens (tertiary/aromatic N) is 2. The Morgan fingerprint density at radius 3 is 2.41 bits per heavy atom. The van der Waals surface area contributed by atoms with Crippen LogP contribution >= 0.6 is 0 Å². The first-order chi connectivity index (χ1) is 8.00. The molecular weight excluding hydrogens is 220 g/mol. The first kappa shape index (κ1) is 12.2. The Labute approximate surface area is 101 Å². The molecule has 0 spiro atoms. The van der Waals surface area contributed by atoms with Gasteiger partial charge in [-0.25, -0.2) is 4.79 Å². The van der Waals surface area contributed by atoms with Crippen LogP contribution < -0.4 is 0 Å². The van der Waals surface area contributed by atoms with E-state index < -0.39 is 5.97 Å². The van der Waals surface area contributed by atoms with Crippen LogP contribution in [0.1, 0.15) is 32.6 Å². The first-order valence-corrected chi connectivity index (χ1v) is 6.27. The first-order valence-electron chi connectivity index (χ1n) is 6.27. The van der Waals surface area contributed by atoms with E-state index in [1.807, 2.05) is 18.9 Å². The van der Waals surface area contributed by atoms with E-state index in [2.05, 4.69) is 0 Å². The number of hydrogen-bond acceptors (Lipinski definition) is 2. The third-order valence-electron chi connectivity index (χ3n) is 3.87. The van der Waals surface area contributed by atoms with E-state index in [1.54, 1.807) is 4.90 Å². The summed E-state index contributed by atoms with van der Waals surface area (Å²) < 4.78 is 0. The fraction of sp³-hybridized carbons (Fsp3) is 0.833. The number of rotatable bonds is 2. The van der Waals surface area contributed by atoms with Crippen molar-refractivity contribution in [2.75, 3.05) is 13.6 Å². The van der Waals surface area contributed by atoms with Crippen molar-refractivity contribution in [2.45, 2.75) is 44.7 Å². The lowest BCUT2D eigenvalue weighted by Gasteiger charge is -2.38. The van der Waals surface area contributed by atoms with Gasteiger partial charge in [0.1, 0.15) is 0 Å². The fourth-order valence-corrected chi connectivity index (χ4v) is 2.50. The zero-order valence-corrected chi connectivity index (χ0v) is 10.4. The van der Waals surface area contributed by atoms with Crippen LogP contribution in [0.5, 0.6) is 0 Å². The highest BCUT2D eigenvalue weighted by Crippen LogP contribution is 2.29. The van der Waals surface area contributed by atoms with Gasteiger partial charge in [0.05, 0.1) is 5.92 Å². The molecule has 2 atom stereocenters. The molecule has 2 fully saturated rings. The summed E-state index contributed by atoms with van der Waals surface area (Å²) in [6.45, 7) is 2.50. The van der Waals surface area contributed by atoms with Crippen LogP contribution in [0.3, 0.4) is 0 Å². The van der Waals surface area contributed by atoms with E-state index in [-0.39, 0.29) is 18.0 Å². The van der Waals surface area contributed by atoms with Crippen LogP contribution in [-0.2, 0) is 4.79 Å². The van der Waals surface area contributed by atoms with Gasteiger partial charge in [-0.3, -0.25) is 4.79 Å². The molecule has 0 aromatic rings. The SMILES string of the molecule is CC1CC(C(=O)O)CCN1C(=O)N(C)C1CC1. The Morgan fingerprint density at radius 2 is 1.94 bits per heavy atom. The maximum absolute atomic E-state index is 12.2. The van der Waals surface area contributed by atoms with Gasteiger partial charge in [0, 0.05) is 25.7 Å². The fourth-order valence-electron chi connectivity index (χ4n) is 2.50. The molecule has 2 rings (SSSR count). The average molecular weight is 240 g/mol. The molecule has 96 valence electrons. The standard InChI is InChI=1S/C12H20N2O3/c1-8-7-9(11(15)16)5-6-14(8)12(17)13(2)10-3-4-10/h8-10H,3-7H2,1-2H3,(H,15,16). The van der Waals surface area contributed by atoms with Crippen LogP contribution in [0, 0.1) is 5.92 Å². The summed E-state index contributed by atoms with van der Waals surface area (Å²) in [5.74, 6) is -1.03. The molecule has 5 heteroatoms. The minimum atomic E-state index is -0.737. The lowest BCUT2D eigenvalue weighted by molar-refractivity contribution is -0.143. The van der Waals surface area contributed by atoms with Gasteiger partial charge in [-0.1, -0.05) is 0 Å². The number of likely N-dealkylation sites (tertiary alicyclic amines) is 1. The minimum absolute atomic E-state index is 0.0264. The summed E-state index contributed by atoms with van der Waals surface area (Å²) in [6, 6.07) is 0.495. The number of carbonyl (C=O) groups is 2. The Balaban J connectivity index is 1.94. The lowest BCUT2D eigenvalue weighted by atomic mass is 9.92. The number of urea groups is 1. The van der Waals surface area contributed by atoms with Crippen LogP contribution in [0.4, 0.5) is 4.79 Å². The van der Waals surface area contributed by atoms with E-state index in [0.29, 0.717) is 25.4 Å². The van der Waals surface area contributed by atoms with Gasteiger partial charge in [0.25, 0.3) is 0 Å². The van der Waals surface area contributed by atoms with Crippen molar-refractivity contribution in [1.29, 1.82) is 0 Å². The quantitative estimate of drug-likeness (QED) is 0.793. The molecule has 17 heavy (non-hydrogen) atoms. The van der Waals surface area contributed by atoms with Gasteiger partial charge < -0.3 is 14.9 Å². The van der Waals surface area contributed by atoms with E-state index in [0.717, 1.165) is 12.8 Å². The molecule has 2 amide bonds. The molecule has 0 radical (unpaired) electrons. The number of carboxylic acids is 1. The molecule has 2 aliphatic rings. The van der Waals surface area contributed by atoms with E-state index in [9.17, 15) is 9.59 Å². The molecule has 1 aliphatic heterocycles. The van der Waals surface area contributed by atoms with Crippen LogP contribution in [-0.4, -0.2) is 52.6 Å².